The normalized spacial score (nSPS) is 14.2. The molecule has 102 valence electrons. The minimum Gasteiger partial charge on any atom is -0.497 e. The van der Waals surface area contributed by atoms with Gasteiger partial charge in [-0.05, 0) is 46.5 Å². The summed E-state index contributed by atoms with van der Waals surface area (Å²) >= 11 is 5.97. The highest BCUT2D eigenvalue weighted by atomic mass is 35.5. The summed E-state index contributed by atoms with van der Waals surface area (Å²) in [5, 5.41) is 4.17. The third-order valence-electron chi connectivity index (χ3n) is 3.52. The van der Waals surface area contributed by atoms with Crippen LogP contribution in [0.4, 0.5) is 0 Å². The molecule has 2 nitrogen and oxygen atoms in total. The molecule has 0 spiro atoms. The van der Waals surface area contributed by atoms with Gasteiger partial charge in [-0.1, -0.05) is 35.9 Å². The number of methoxy groups -OCH3 is 1. The van der Waals surface area contributed by atoms with Crippen LogP contribution in [0.25, 0.3) is 5.57 Å². The molecule has 0 aromatic heterocycles. The van der Waals surface area contributed by atoms with Crippen LogP contribution in [-0.2, 0) is 6.54 Å². The topological polar surface area (TPSA) is 21.3 Å². The number of hydrogen-bond donors (Lipinski definition) is 1. The van der Waals surface area contributed by atoms with Crippen LogP contribution in [0.5, 0.6) is 5.75 Å². The Balaban J connectivity index is 2.08. The van der Waals surface area contributed by atoms with Gasteiger partial charge in [0.15, 0.2) is 0 Å². The lowest BCUT2D eigenvalue weighted by Crippen LogP contribution is -2.11. The minimum absolute atomic E-state index is 0.760. The maximum absolute atomic E-state index is 5.97. The molecule has 0 amide bonds. The first kappa shape index (κ1) is 13.2. The molecule has 0 fully saturated rings. The van der Waals surface area contributed by atoms with E-state index in [1.807, 2.05) is 18.2 Å². The van der Waals surface area contributed by atoms with Gasteiger partial charge in [-0.25, -0.2) is 0 Å². The summed E-state index contributed by atoms with van der Waals surface area (Å²) in [6.45, 7) is 1.70. The van der Waals surface area contributed by atoms with Crippen molar-refractivity contribution in [3.05, 3.63) is 70.3 Å². The Morgan fingerprint density at radius 2 is 1.90 bits per heavy atom. The van der Waals surface area contributed by atoms with Gasteiger partial charge in [0.25, 0.3) is 0 Å². The van der Waals surface area contributed by atoms with Gasteiger partial charge in [0.2, 0.25) is 0 Å². The molecule has 20 heavy (non-hydrogen) atoms. The number of benzene rings is 2. The van der Waals surface area contributed by atoms with E-state index in [1.165, 1.54) is 22.3 Å². The van der Waals surface area contributed by atoms with Crippen molar-refractivity contribution in [3.63, 3.8) is 0 Å². The molecule has 1 aliphatic rings. The summed E-state index contributed by atoms with van der Waals surface area (Å²) < 4.78 is 5.31. The second-order valence-electron chi connectivity index (χ2n) is 4.78. The quantitative estimate of drug-likeness (QED) is 0.904. The number of rotatable bonds is 2. The second-order valence-corrected chi connectivity index (χ2v) is 5.22. The van der Waals surface area contributed by atoms with Crippen molar-refractivity contribution in [2.45, 2.75) is 6.54 Å². The Hall–Kier alpha value is -1.77. The Bertz CT molecular complexity index is 647. The molecule has 1 aliphatic heterocycles. The van der Waals surface area contributed by atoms with E-state index in [2.05, 4.69) is 35.7 Å². The predicted octanol–water partition coefficient (Wildman–Crippen LogP) is 3.88. The zero-order chi connectivity index (χ0) is 13.9. The SMILES string of the molecule is COc1ccc2c(c1)CNCC=C2c1ccc(Cl)cc1. The summed E-state index contributed by atoms with van der Waals surface area (Å²) in [7, 11) is 1.70. The highest BCUT2D eigenvalue weighted by Crippen LogP contribution is 2.30. The lowest BCUT2D eigenvalue weighted by molar-refractivity contribution is 0.414. The Morgan fingerprint density at radius 1 is 1.10 bits per heavy atom. The monoisotopic (exact) mass is 285 g/mol. The average molecular weight is 286 g/mol. The fraction of sp³-hybridized carbons (Fsp3) is 0.176. The molecule has 1 heterocycles. The highest BCUT2D eigenvalue weighted by molar-refractivity contribution is 6.30. The standard InChI is InChI=1S/C17H16ClNO/c1-20-15-6-7-16-13(10-15)11-19-9-8-17(16)12-2-4-14(18)5-3-12/h2-8,10,19H,9,11H2,1H3. The second kappa shape index (κ2) is 5.70. The number of hydrogen-bond acceptors (Lipinski definition) is 2. The molecule has 1 N–H and O–H groups in total. The molecule has 2 aromatic rings. The van der Waals surface area contributed by atoms with Gasteiger partial charge in [-0.15, -0.1) is 0 Å². The van der Waals surface area contributed by atoms with Gasteiger partial charge in [0.1, 0.15) is 5.75 Å². The number of halogens is 1. The maximum Gasteiger partial charge on any atom is 0.119 e. The third kappa shape index (κ3) is 2.58. The molecule has 3 rings (SSSR count). The zero-order valence-electron chi connectivity index (χ0n) is 11.3. The van der Waals surface area contributed by atoms with Gasteiger partial charge in [-0.2, -0.15) is 0 Å². The molecule has 0 unspecified atom stereocenters. The van der Waals surface area contributed by atoms with Crippen LogP contribution >= 0.6 is 11.6 Å². The van der Waals surface area contributed by atoms with Crippen LogP contribution in [0, 0.1) is 0 Å². The molecule has 3 heteroatoms. The van der Waals surface area contributed by atoms with E-state index in [4.69, 9.17) is 16.3 Å². The van der Waals surface area contributed by atoms with E-state index in [0.717, 1.165) is 23.9 Å². The number of nitrogens with one attached hydrogen (secondary N) is 1. The Kier molecular flexibility index (Phi) is 3.77. The molecule has 0 radical (unpaired) electrons. The summed E-state index contributed by atoms with van der Waals surface area (Å²) in [5.74, 6) is 0.892. The first-order valence-corrected chi connectivity index (χ1v) is 7.00. The lowest BCUT2D eigenvalue weighted by Gasteiger charge is -2.12. The first-order chi connectivity index (χ1) is 9.78. The summed E-state index contributed by atoms with van der Waals surface area (Å²) in [4.78, 5) is 0. The van der Waals surface area contributed by atoms with Gasteiger partial charge in [0.05, 0.1) is 7.11 Å². The first-order valence-electron chi connectivity index (χ1n) is 6.62. The van der Waals surface area contributed by atoms with Crippen LogP contribution < -0.4 is 10.1 Å². The van der Waals surface area contributed by atoms with E-state index in [1.54, 1.807) is 7.11 Å². The van der Waals surface area contributed by atoms with Crippen LogP contribution in [0.3, 0.4) is 0 Å². The number of fused-ring (bicyclic) bond motifs is 1. The van der Waals surface area contributed by atoms with Gasteiger partial charge >= 0.3 is 0 Å². The minimum atomic E-state index is 0.760. The highest BCUT2D eigenvalue weighted by Gasteiger charge is 2.13. The van der Waals surface area contributed by atoms with E-state index in [9.17, 15) is 0 Å². The number of ether oxygens (including phenoxy) is 1. The summed E-state index contributed by atoms with van der Waals surface area (Å²) in [6, 6.07) is 14.2. The van der Waals surface area contributed by atoms with Crippen molar-refractivity contribution < 1.29 is 4.74 Å². The van der Waals surface area contributed by atoms with Crippen molar-refractivity contribution in [2.75, 3.05) is 13.7 Å². The average Bonchev–Trinajstić information content (AvgIpc) is 2.69. The third-order valence-corrected chi connectivity index (χ3v) is 3.78. The largest absolute Gasteiger partial charge is 0.497 e. The van der Waals surface area contributed by atoms with Gasteiger partial charge in [0, 0.05) is 18.1 Å². The summed E-state index contributed by atoms with van der Waals surface area (Å²) in [5.41, 5.74) is 4.93. The molecule has 0 aliphatic carbocycles. The van der Waals surface area contributed by atoms with Crippen molar-refractivity contribution in [1.82, 2.24) is 5.32 Å². The van der Waals surface area contributed by atoms with Crippen LogP contribution in [0.2, 0.25) is 5.02 Å². The smallest absolute Gasteiger partial charge is 0.119 e. The van der Waals surface area contributed by atoms with Gasteiger partial charge < -0.3 is 10.1 Å². The van der Waals surface area contributed by atoms with E-state index >= 15 is 0 Å². The molecule has 0 saturated heterocycles. The Morgan fingerprint density at radius 3 is 2.65 bits per heavy atom. The van der Waals surface area contributed by atoms with Crippen molar-refractivity contribution in [3.8, 4) is 5.75 Å². The van der Waals surface area contributed by atoms with Crippen LogP contribution in [0.15, 0.2) is 48.5 Å². The van der Waals surface area contributed by atoms with Crippen LogP contribution in [0.1, 0.15) is 16.7 Å². The lowest BCUT2D eigenvalue weighted by atomic mass is 9.94. The molecule has 0 saturated carbocycles. The summed E-state index contributed by atoms with van der Waals surface area (Å²) in [6.07, 6.45) is 2.22. The molecule has 2 aromatic carbocycles. The fourth-order valence-electron chi connectivity index (χ4n) is 2.50. The predicted molar refractivity (Wildman–Crippen MR) is 83.2 cm³/mol. The molecule has 0 atom stereocenters. The van der Waals surface area contributed by atoms with Crippen molar-refractivity contribution in [2.24, 2.45) is 0 Å². The van der Waals surface area contributed by atoms with Gasteiger partial charge in [-0.3, -0.25) is 0 Å². The molecular weight excluding hydrogens is 270 g/mol. The van der Waals surface area contributed by atoms with Crippen molar-refractivity contribution in [1.29, 1.82) is 0 Å². The maximum atomic E-state index is 5.97. The van der Waals surface area contributed by atoms with Crippen molar-refractivity contribution >= 4 is 17.2 Å². The molecule has 0 bridgehead atoms. The molecular formula is C17H16ClNO. The zero-order valence-corrected chi connectivity index (χ0v) is 12.1. The van der Waals surface area contributed by atoms with E-state index in [-0.39, 0.29) is 0 Å². The fourth-order valence-corrected chi connectivity index (χ4v) is 2.63. The van der Waals surface area contributed by atoms with Crippen LogP contribution in [-0.4, -0.2) is 13.7 Å². The van der Waals surface area contributed by atoms with E-state index in [0.29, 0.717) is 0 Å². The Labute approximate surface area is 124 Å². The van der Waals surface area contributed by atoms with E-state index < -0.39 is 0 Å².